The van der Waals surface area contributed by atoms with E-state index in [1.54, 1.807) is 0 Å². The molecule has 1 saturated heterocycles. The van der Waals surface area contributed by atoms with E-state index in [0.29, 0.717) is 16.7 Å². The van der Waals surface area contributed by atoms with Crippen molar-refractivity contribution >= 4 is 11.6 Å². The maximum absolute atomic E-state index is 5.97. The first-order valence-electron chi connectivity index (χ1n) is 6.22. The van der Waals surface area contributed by atoms with E-state index < -0.39 is 0 Å². The molecule has 1 fully saturated rings. The lowest BCUT2D eigenvalue weighted by Gasteiger charge is -2.30. The summed E-state index contributed by atoms with van der Waals surface area (Å²) in [4.78, 5) is 6.72. The minimum Gasteiger partial charge on any atom is -0.345 e. The molecule has 0 radical (unpaired) electrons. The van der Waals surface area contributed by atoms with Gasteiger partial charge < -0.3 is 14.4 Å². The molecule has 1 unspecified atom stereocenters. The first-order valence-corrected chi connectivity index (χ1v) is 6.60. The van der Waals surface area contributed by atoms with Gasteiger partial charge in [0.2, 0.25) is 0 Å². The van der Waals surface area contributed by atoms with Crippen molar-refractivity contribution in [2.75, 3.05) is 26.7 Å². The van der Waals surface area contributed by atoms with Gasteiger partial charge in [0, 0.05) is 32.9 Å². The fraction of sp³-hybridized carbons (Fsp3) is 0.500. The first-order chi connectivity index (χ1) is 9.15. The molecule has 102 valence electrons. The lowest BCUT2D eigenvalue weighted by Crippen LogP contribution is -2.44. The third-order valence-corrected chi connectivity index (χ3v) is 3.65. The summed E-state index contributed by atoms with van der Waals surface area (Å²) in [5.74, 6) is 1.21. The molecule has 0 saturated carbocycles. The molecule has 7 heteroatoms. The Morgan fingerprint density at radius 2 is 2.32 bits per heavy atom. The largest absolute Gasteiger partial charge is 0.345 e. The van der Waals surface area contributed by atoms with Gasteiger partial charge >= 0.3 is 0 Å². The van der Waals surface area contributed by atoms with E-state index in [1.165, 1.54) is 0 Å². The number of hydrogen-bond donors (Lipinski definition) is 1. The monoisotopic (exact) mass is 281 g/mol. The molecular formula is C12H16ClN5O. The van der Waals surface area contributed by atoms with Crippen molar-refractivity contribution in [1.29, 1.82) is 0 Å². The highest BCUT2D eigenvalue weighted by Gasteiger charge is 2.26. The third-order valence-electron chi connectivity index (χ3n) is 3.44. The molecule has 2 aromatic rings. The van der Waals surface area contributed by atoms with E-state index in [0.717, 1.165) is 25.3 Å². The highest BCUT2D eigenvalue weighted by atomic mass is 35.5. The van der Waals surface area contributed by atoms with Crippen LogP contribution < -0.4 is 5.32 Å². The van der Waals surface area contributed by atoms with Crippen LogP contribution in [0.25, 0.3) is 11.6 Å². The maximum atomic E-state index is 5.97. The molecule has 1 N–H and O–H groups in total. The van der Waals surface area contributed by atoms with Crippen LogP contribution in [0.4, 0.5) is 0 Å². The molecule has 0 aromatic carbocycles. The van der Waals surface area contributed by atoms with Gasteiger partial charge in [0.05, 0.1) is 11.1 Å². The van der Waals surface area contributed by atoms with Gasteiger partial charge in [-0.05, 0) is 13.1 Å². The highest BCUT2D eigenvalue weighted by molar-refractivity contribution is 6.30. The smallest absolute Gasteiger partial charge is 0.274 e. The third kappa shape index (κ3) is 2.39. The van der Waals surface area contributed by atoms with Crippen LogP contribution in [0.5, 0.6) is 0 Å². The molecule has 0 aliphatic carbocycles. The molecule has 19 heavy (non-hydrogen) atoms. The second-order valence-corrected chi connectivity index (χ2v) is 5.25. The zero-order chi connectivity index (χ0) is 13.4. The number of aryl methyl sites for hydroxylation is 1. The predicted octanol–water partition coefficient (Wildman–Crippen LogP) is 1.30. The zero-order valence-corrected chi connectivity index (χ0v) is 11.7. The van der Waals surface area contributed by atoms with Gasteiger partial charge in [0.1, 0.15) is 5.69 Å². The van der Waals surface area contributed by atoms with Crippen LogP contribution in [-0.4, -0.2) is 46.3 Å². The quantitative estimate of drug-likeness (QED) is 0.899. The lowest BCUT2D eigenvalue weighted by molar-refractivity contribution is 0.190. The minimum atomic E-state index is 0.155. The standard InChI is InChI=1S/C12H16ClN5O/c1-17-4-3-14-6-10(17)11-15-12(19-16-11)9-5-8(13)7-18(9)2/h5,7,10,14H,3-4,6H2,1-2H3. The Morgan fingerprint density at radius 1 is 1.47 bits per heavy atom. The van der Waals surface area contributed by atoms with Crippen molar-refractivity contribution in [3.63, 3.8) is 0 Å². The Hall–Kier alpha value is -1.37. The second kappa shape index (κ2) is 4.96. The molecule has 6 nitrogen and oxygen atoms in total. The molecular weight excluding hydrogens is 266 g/mol. The van der Waals surface area contributed by atoms with Gasteiger partial charge in [0.15, 0.2) is 5.82 Å². The van der Waals surface area contributed by atoms with E-state index in [-0.39, 0.29) is 6.04 Å². The van der Waals surface area contributed by atoms with Crippen molar-refractivity contribution in [1.82, 2.24) is 24.9 Å². The molecule has 3 heterocycles. The Morgan fingerprint density at radius 3 is 3.00 bits per heavy atom. The van der Waals surface area contributed by atoms with Gasteiger partial charge in [-0.2, -0.15) is 4.98 Å². The van der Waals surface area contributed by atoms with Crippen LogP contribution in [0.3, 0.4) is 0 Å². The van der Waals surface area contributed by atoms with Crippen molar-refractivity contribution in [2.45, 2.75) is 6.04 Å². The van der Waals surface area contributed by atoms with Crippen LogP contribution in [0.1, 0.15) is 11.9 Å². The van der Waals surface area contributed by atoms with Crippen molar-refractivity contribution in [3.05, 3.63) is 23.1 Å². The van der Waals surface area contributed by atoms with E-state index in [9.17, 15) is 0 Å². The average molecular weight is 282 g/mol. The Balaban J connectivity index is 1.88. The summed E-state index contributed by atoms with van der Waals surface area (Å²) in [6.45, 7) is 2.80. The zero-order valence-electron chi connectivity index (χ0n) is 10.9. The number of halogens is 1. The second-order valence-electron chi connectivity index (χ2n) is 4.81. The number of rotatable bonds is 2. The molecule has 0 amide bonds. The Bertz CT molecular complexity index is 578. The first kappa shape index (κ1) is 12.7. The summed E-state index contributed by atoms with van der Waals surface area (Å²) in [6, 6.07) is 1.98. The maximum Gasteiger partial charge on any atom is 0.274 e. The van der Waals surface area contributed by atoms with Crippen LogP contribution in [-0.2, 0) is 7.05 Å². The fourth-order valence-corrected chi connectivity index (χ4v) is 2.56. The van der Waals surface area contributed by atoms with E-state index in [4.69, 9.17) is 16.1 Å². The SMILES string of the molecule is CN1CCNCC1c1noc(-c2cc(Cl)cn2C)n1. The van der Waals surface area contributed by atoms with E-state index in [2.05, 4.69) is 27.4 Å². The van der Waals surface area contributed by atoms with Gasteiger partial charge in [0.25, 0.3) is 5.89 Å². The molecule has 1 aliphatic heterocycles. The topological polar surface area (TPSA) is 59.1 Å². The summed E-state index contributed by atoms with van der Waals surface area (Å²) in [5, 5.41) is 8.09. The molecule has 0 spiro atoms. The van der Waals surface area contributed by atoms with Crippen molar-refractivity contribution in [2.24, 2.45) is 7.05 Å². The number of piperazine rings is 1. The van der Waals surface area contributed by atoms with Crippen LogP contribution in [0, 0.1) is 0 Å². The normalized spacial score (nSPS) is 20.9. The number of aromatic nitrogens is 3. The van der Waals surface area contributed by atoms with Gasteiger partial charge in [-0.3, -0.25) is 4.90 Å². The van der Waals surface area contributed by atoms with Crippen LogP contribution in [0.15, 0.2) is 16.8 Å². The lowest BCUT2D eigenvalue weighted by atomic mass is 10.2. The highest BCUT2D eigenvalue weighted by Crippen LogP contribution is 2.25. The van der Waals surface area contributed by atoms with E-state index >= 15 is 0 Å². The van der Waals surface area contributed by atoms with Crippen molar-refractivity contribution < 1.29 is 4.52 Å². The summed E-state index contributed by atoms with van der Waals surface area (Å²) in [6.07, 6.45) is 1.81. The number of hydrogen-bond acceptors (Lipinski definition) is 5. The summed E-state index contributed by atoms with van der Waals surface area (Å²) >= 11 is 5.97. The molecule has 0 bridgehead atoms. The number of likely N-dealkylation sites (N-methyl/N-ethyl adjacent to an activating group) is 1. The van der Waals surface area contributed by atoms with Gasteiger partial charge in [-0.25, -0.2) is 0 Å². The Labute approximate surface area is 116 Å². The molecule has 1 atom stereocenters. The summed E-state index contributed by atoms with van der Waals surface area (Å²) in [5.41, 5.74) is 0.829. The minimum absolute atomic E-state index is 0.155. The van der Waals surface area contributed by atoms with E-state index in [1.807, 2.05) is 23.9 Å². The summed E-state index contributed by atoms with van der Waals surface area (Å²) < 4.78 is 7.23. The average Bonchev–Trinajstić information content (AvgIpc) is 2.96. The van der Waals surface area contributed by atoms with Gasteiger partial charge in [-0.1, -0.05) is 16.8 Å². The van der Waals surface area contributed by atoms with Gasteiger partial charge in [-0.15, -0.1) is 0 Å². The Kier molecular flexibility index (Phi) is 3.30. The predicted molar refractivity (Wildman–Crippen MR) is 72.0 cm³/mol. The molecule has 2 aromatic heterocycles. The fourth-order valence-electron chi connectivity index (χ4n) is 2.31. The number of nitrogens with zero attached hydrogens (tertiary/aromatic N) is 4. The van der Waals surface area contributed by atoms with Crippen molar-refractivity contribution in [3.8, 4) is 11.6 Å². The molecule has 3 rings (SSSR count). The molecule has 1 aliphatic rings. The summed E-state index contributed by atoms with van der Waals surface area (Å²) in [7, 11) is 3.97. The van der Waals surface area contributed by atoms with Crippen LogP contribution in [0.2, 0.25) is 5.02 Å². The van der Waals surface area contributed by atoms with Crippen LogP contribution >= 0.6 is 11.6 Å². The number of nitrogens with one attached hydrogen (secondary N) is 1.